The minimum atomic E-state index is -3.76. The maximum absolute atomic E-state index is 10.5. The van der Waals surface area contributed by atoms with Crippen LogP contribution >= 0.6 is 0 Å². The second kappa shape index (κ2) is 14.8. The average Bonchev–Trinajstić information content (AvgIpc) is 2.42. The molecule has 1 N–H and O–H groups in total. The van der Waals surface area contributed by atoms with E-state index in [4.69, 9.17) is 9.29 Å². The van der Waals surface area contributed by atoms with E-state index in [1.165, 1.54) is 44.9 Å². The highest BCUT2D eigenvalue weighted by Crippen LogP contribution is 2.09. The fraction of sp³-hybridized carbons (Fsp3) is 1.00. The Kier molecular flexibility index (Phi) is 14.7. The molecule has 0 radical (unpaired) electrons. The first-order chi connectivity index (χ1) is 10.1. The van der Waals surface area contributed by atoms with Gasteiger partial charge in [0.05, 0.1) is 5.75 Å². The van der Waals surface area contributed by atoms with Crippen LogP contribution in [0.1, 0.15) is 84.0 Å². The molecule has 5 heteroatoms. The molecule has 0 bridgehead atoms. The van der Waals surface area contributed by atoms with Crippen LogP contribution in [0.3, 0.4) is 0 Å². The minimum absolute atomic E-state index is 0.0946. The van der Waals surface area contributed by atoms with Crippen molar-refractivity contribution in [2.45, 2.75) is 84.0 Å². The molecule has 0 heterocycles. The van der Waals surface area contributed by atoms with Crippen LogP contribution in [0, 0.1) is 0 Å². The van der Waals surface area contributed by atoms with Crippen LogP contribution in [0.2, 0.25) is 0 Å². The van der Waals surface area contributed by atoms with Gasteiger partial charge in [0.15, 0.2) is 0 Å². The van der Waals surface area contributed by atoms with Gasteiger partial charge < -0.3 is 4.74 Å². The Bertz CT molecular complexity index is 301. The van der Waals surface area contributed by atoms with Gasteiger partial charge in [0.25, 0.3) is 10.1 Å². The third-order valence-electron chi connectivity index (χ3n) is 3.58. The van der Waals surface area contributed by atoms with Crippen molar-refractivity contribution in [3.05, 3.63) is 0 Å². The quantitative estimate of drug-likeness (QED) is 0.333. The molecule has 0 atom stereocenters. The maximum atomic E-state index is 10.5. The Labute approximate surface area is 131 Å². The van der Waals surface area contributed by atoms with Crippen LogP contribution < -0.4 is 0 Å². The monoisotopic (exact) mass is 322 g/mol. The van der Waals surface area contributed by atoms with Crippen LogP contribution in [0.4, 0.5) is 0 Å². The fourth-order valence-electron chi connectivity index (χ4n) is 2.28. The second-order valence-corrected chi connectivity index (χ2v) is 7.36. The summed E-state index contributed by atoms with van der Waals surface area (Å²) in [4.78, 5) is 0. The van der Waals surface area contributed by atoms with Gasteiger partial charge in [0.1, 0.15) is 0 Å². The fourth-order valence-corrected chi connectivity index (χ4v) is 2.85. The summed E-state index contributed by atoms with van der Waals surface area (Å²) in [7, 11) is -3.76. The highest BCUT2D eigenvalue weighted by atomic mass is 32.2. The molecule has 0 aliphatic rings. The minimum Gasteiger partial charge on any atom is -0.381 e. The average molecular weight is 323 g/mol. The number of hydrogen-bond donors (Lipinski definition) is 1. The molecule has 0 aliphatic carbocycles. The molecule has 0 rings (SSSR count). The molecule has 0 saturated carbocycles. The van der Waals surface area contributed by atoms with E-state index in [9.17, 15) is 8.42 Å². The van der Waals surface area contributed by atoms with Gasteiger partial charge in [0, 0.05) is 13.2 Å². The zero-order chi connectivity index (χ0) is 15.8. The van der Waals surface area contributed by atoms with Gasteiger partial charge in [-0.05, 0) is 19.3 Å². The van der Waals surface area contributed by atoms with Crippen molar-refractivity contribution < 1.29 is 17.7 Å². The van der Waals surface area contributed by atoms with E-state index in [2.05, 4.69) is 6.92 Å². The first kappa shape index (κ1) is 20.9. The highest BCUT2D eigenvalue weighted by molar-refractivity contribution is 7.85. The lowest BCUT2D eigenvalue weighted by atomic mass is 10.1. The lowest BCUT2D eigenvalue weighted by Crippen LogP contribution is -2.03. The molecule has 0 fully saturated rings. The molecule has 4 nitrogen and oxygen atoms in total. The Morgan fingerprint density at radius 3 is 1.62 bits per heavy atom. The summed E-state index contributed by atoms with van der Waals surface area (Å²) in [5.74, 6) is -0.0946. The van der Waals surface area contributed by atoms with E-state index in [0.717, 1.165) is 38.9 Å². The molecule has 21 heavy (non-hydrogen) atoms. The zero-order valence-corrected chi connectivity index (χ0v) is 14.5. The van der Waals surface area contributed by atoms with E-state index < -0.39 is 10.1 Å². The van der Waals surface area contributed by atoms with Gasteiger partial charge in [-0.2, -0.15) is 8.42 Å². The number of ether oxygens (including phenoxy) is 1. The van der Waals surface area contributed by atoms with Crippen LogP contribution in [0.15, 0.2) is 0 Å². The molecule has 0 aromatic rings. The van der Waals surface area contributed by atoms with Crippen LogP contribution in [0.5, 0.6) is 0 Å². The van der Waals surface area contributed by atoms with Crippen molar-refractivity contribution in [1.82, 2.24) is 0 Å². The van der Waals surface area contributed by atoms with Crippen molar-refractivity contribution in [2.75, 3.05) is 19.0 Å². The molecule has 0 spiro atoms. The Morgan fingerprint density at radius 1 is 0.714 bits per heavy atom. The van der Waals surface area contributed by atoms with Crippen LogP contribution in [0.25, 0.3) is 0 Å². The topological polar surface area (TPSA) is 63.6 Å². The number of rotatable bonds is 16. The largest absolute Gasteiger partial charge is 0.381 e. The van der Waals surface area contributed by atoms with Gasteiger partial charge in [-0.3, -0.25) is 4.55 Å². The Balaban J connectivity index is 3.03. The van der Waals surface area contributed by atoms with Crippen molar-refractivity contribution in [2.24, 2.45) is 0 Å². The normalized spacial score (nSPS) is 11.9. The number of unbranched alkanes of at least 4 members (excludes halogenated alkanes) is 10. The summed E-state index contributed by atoms with van der Waals surface area (Å²) < 4.78 is 35.2. The van der Waals surface area contributed by atoms with Crippen molar-refractivity contribution in [1.29, 1.82) is 0 Å². The summed E-state index contributed by atoms with van der Waals surface area (Å²) in [6.07, 6.45) is 13.6. The molecule has 0 aromatic heterocycles. The first-order valence-corrected chi connectivity index (χ1v) is 10.2. The van der Waals surface area contributed by atoms with E-state index in [1.807, 2.05) is 0 Å². The summed E-state index contributed by atoms with van der Waals surface area (Å²) in [6, 6.07) is 0. The highest BCUT2D eigenvalue weighted by Gasteiger charge is 2.02. The lowest BCUT2D eigenvalue weighted by Gasteiger charge is -2.04. The SMILES string of the molecule is CCCCCCOCCCCCCCCCCS(=O)(=O)O. The first-order valence-electron chi connectivity index (χ1n) is 8.59. The van der Waals surface area contributed by atoms with Gasteiger partial charge in [-0.1, -0.05) is 64.7 Å². The molecule has 0 saturated heterocycles. The van der Waals surface area contributed by atoms with Crippen molar-refractivity contribution in [3.8, 4) is 0 Å². The molecule has 0 amide bonds. The summed E-state index contributed by atoms with van der Waals surface area (Å²) in [5, 5.41) is 0. The number of hydrogen-bond acceptors (Lipinski definition) is 3. The zero-order valence-electron chi connectivity index (χ0n) is 13.7. The van der Waals surface area contributed by atoms with Gasteiger partial charge in [-0.15, -0.1) is 0 Å². The van der Waals surface area contributed by atoms with Gasteiger partial charge in [0.2, 0.25) is 0 Å². The molecular formula is C16H34O4S. The van der Waals surface area contributed by atoms with Gasteiger partial charge >= 0.3 is 0 Å². The maximum Gasteiger partial charge on any atom is 0.264 e. The van der Waals surface area contributed by atoms with E-state index >= 15 is 0 Å². The predicted octanol–water partition coefficient (Wildman–Crippen LogP) is 4.59. The molecule has 0 unspecified atom stereocenters. The summed E-state index contributed by atoms with van der Waals surface area (Å²) in [5.41, 5.74) is 0. The molecule has 0 aromatic carbocycles. The Hall–Kier alpha value is -0.130. The second-order valence-electron chi connectivity index (χ2n) is 5.79. The Morgan fingerprint density at radius 2 is 1.14 bits per heavy atom. The molecule has 0 aliphatic heterocycles. The van der Waals surface area contributed by atoms with Crippen LogP contribution in [-0.4, -0.2) is 31.9 Å². The smallest absolute Gasteiger partial charge is 0.264 e. The third kappa shape index (κ3) is 19.9. The molecule has 128 valence electrons. The van der Waals surface area contributed by atoms with Crippen LogP contribution in [-0.2, 0) is 14.9 Å². The summed E-state index contributed by atoms with van der Waals surface area (Å²) in [6.45, 7) is 4.02. The standard InChI is InChI=1S/C16H34O4S/c1-2-3-4-11-14-20-15-12-9-7-5-6-8-10-13-16-21(17,18)19/h2-16H2,1H3,(H,17,18,19). The molecular weight excluding hydrogens is 288 g/mol. The lowest BCUT2D eigenvalue weighted by molar-refractivity contribution is 0.125. The van der Waals surface area contributed by atoms with E-state index in [1.54, 1.807) is 0 Å². The van der Waals surface area contributed by atoms with Crippen molar-refractivity contribution in [3.63, 3.8) is 0 Å². The van der Waals surface area contributed by atoms with E-state index in [-0.39, 0.29) is 5.75 Å². The predicted molar refractivity (Wildman–Crippen MR) is 88.3 cm³/mol. The van der Waals surface area contributed by atoms with E-state index in [0.29, 0.717) is 6.42 Å². The van der Waals surface area contributed by atoms with Gasteiger partial charge in [-0.25, -0.2) is 0 Å². The van der Waals surface area contributed by atoms with Crippen molar-refractivity contribution >= 4 is 10.1 Å². The summed E-state index contributed by atoms with van der Waals surface area (Å²) >= 11 is 0. The third-order valence-corrected chi connectivity index (χ3v) is 4.39.